The van der Waals surface area contributed by atoms with Crippen LogP contribution in [-0.4, -0.2) is 48.6 Å². The summed E-state index contributed by atoms with van der Waals surface area (Å²) in [6, 6.07) is 0.589. The van der Waals surface area contributed by atoms with Crippen LogP contribution in [-0.2, 0) is 4.79 Å². The van der Waals surface area contributed by atoms with E-state index in [0.29, 0.717) is 11.5 Å². The fourth-order valence-corrected chi connectivity index (χ4v) is 4.65. The van der Waals surface area contributed by atoms with Crippen LogP contribution in [0, 0.1) is 5.92 Å². The summed E-state index contributed by atoms with van der Waals surface area (Å²) in [6.45, 7) is 3.66. The number of oxazole rings is 1. The van der Waals surface area contributed by atoms with Gasteiger partial charge in [0.05, 0.1) is 30.6 Å². The Kier molecular flexibility index (Phi) is 8.42. The molecule has 3 heterocycles. The largest absolute Gasteiger partial charge is 0.447 e. The van der Waals surface area contributed by atoms with Crippen LogP contribution >= 0.6 is 0 Å². The van der Waals surface area contributed by atoms with E-state index in [9.17, 15) is 36.6 Å². The van der Waals surface area contributed by atoms with E-state index in [1.165, 1.54) is 23.0 Å². The van der Waals surface area contributed by atoms with Gasteiger partial charge in [0.1, 0.15) is 5.76 Å². The molecule has 2 amide bonds. The molecule has 1 aliphatic rings. The van der Waals surface area contributed by atoms with Gasteiger partial charge in [-0.2, -0.15) is 18.3 Å². The van der Waals surface area contributed by atoms with Crippen LogP contribution in [0.2, 0.25) is 0 Å². The minimum atomic E-state index is -4.51. The summed E-state index contributed by atoms with van der Waals surface area (Å²) in [5.74, 6) is -4.48. The Balaban J connectivity index is 1.57. The topological polar surface area (TPSA) is 135 Å². The number of fused-ring (bicyclic) bond motifs is 1. The second-order valence-corrected chi connectivity index (χ2v) is 10.2. The Bertz CT molecular complexity index is 1340. The Hall–Kier alpha value is -3.62. The van der Waals surface area contributed by atoms with Gasteiger partial charge in [0.2, 0.25) is 11.8 Å². The molecule has 3 aromatic heterocycles. The summed E-state index contributed by atoms with van der Waals surface area (Å²) in [5.41, 5.74) is 0.661. The predicted molar refractivity (Wildman–Crippen MR) is 129 cm³/mol. The number of aliphatic hydroxyl groups is 1. The van der Waals surface area contributed by atoms with Crippen molar-refractivity contribution in [2.45, 2.75) is 82.7 Å². The smallest absolute Gasteiger partial charge is 0.389 e. The third kappa shape index (κ3) is 7.11. The van der Waals surface area contributed by atoms with E-state index in [1.807, 2.05) is 13.8 Å². The number of carbonyl (C=O) groups is 2. The number of hydrogen-bond donors (Lipinski definition) is 3. The number of imidazole rings is 1. The molecule has 218 valence electrons. The zero-order valence-electron chi connectivity index (χ0n) is 21.7. The monoisotopic (exact) mass is 572 g/mol. The van der Waals surface area contributed by atoms with Gasteiger partial charge in [0.25, 0.3) is 5.91 Å². The standard InChI is InChI=1S/C25H29F5N6O4/c1-13(2)21-20(31-12-40-21)23(39)35-19(14-3-6-24(26,27)7-4-14)16-11-36-17(33-16)9-15(10-32-36)22(38)34-18(37)5-8-25(28,29)30/h9-14,19,22,38H,3-8H2,1-2H3,(H,34,37)(H,35,39)/t19-,22+/m0/s1. The summed E-state index contributed by atoms with van der Waals surface area (Å²) in [4.78, 5) is 33.5. The molecular weight excluding hydrogens is 543 g/mol. The fourth-order valence-electron chi connectivity index (χ4n) is 4.65. The van der Waals surface area contributed by atoms with Crippen molar-refractivity contribution in [3.63, 3.8) is 0 Å². The van der Waals surface area contributed by atoms with E-state index in [1.54, 1.807) is 0 Å². The van der Waals surface area contributed by atoms with Crippen molar-refractivity contribution in [1.82, 2.24) is 30.2 Å². The summed E-state index contributed by atoms with van der Waals surface area (Å²) in [7, 11) is 0. The minimum absolute atomic E-state index is 0.0621. The molecule has 0 radical (unpaired) electrons. The molecule has 3 N–H and O–H groups in total. The third-order valence-electron chi connectivity index (χ3n) is 6.78. The van der Waals surface area contributed by atoms with Crippen LogP contribution in [0.5, 0.6) is 0 Å². The van der Waals surface area contributed by atoms with Gasteiger partial charge in [-0.05, 0) is 24.8 Å². The maximum Gasteiger partial charge on any atom is 0.389 e. The maximum absolute atomic E-state index is 13.9. The molecule has 0 aliphatic heterocycles. The van der Waals surface area contributed by atoms with E-state index in [4.69, 9.17) is 4.42 Å². The van der Waals surface area contributed by atoms with E-state index in [-0.39, 0.29) is 54.4 Å². The number of alkyl halides is 5. The second kappa shape index (κ2) is 11.5. The molecule has 2 atom stereocenters. The van der Waals surface area contributed by atoms with Crippen LogP contribution in [0.15, 0.2) is 29.3 Å². The van der Waals surface area contributed by atoms with Gasteiger partial charge in [-0.25, -0.2) is 23.3 Å². The SMILES string of the molecule is CC(C)c1ocnc1C(=O)N[C@H](c1cn2ncc([C@@H](O)NC(=O)CCC(F)(F)F)cc2n1)C1CCC(F)(F)CC1. The molecule has 40 heavy (non-hydrogen) atoms. The highest BCUT2D eigenvalue weighted by molar-refractivity contribution is 5.93. The molecule has 0 spiro atoms. The van der Waals surface area contributed by atoms with Crippen LogP contribution in [0.1, 0.15) is 98.1 Å². The predicted octanol–water partition coefficient (Wildman–Crippen LogP) is 4.59. The van der Waals surface area contributed by atoms with E-state index in [2.05, 4.69) is 25.7 Å². The van der Waals surface area contributed by atoms with Gasteiger partial charge < -0.3 is 20.2 Å². The number of aromatic nitrogens is 4. The molecule has 0 unspecified atom stereocenters. The average Bonchev–Trinajstić information content (AvgIpc) is 3.53. The van der Waals surface area contributed by atoms with E-state index >= 15 is 0 Å². The van der Waals surface area contributed by atoms with Gasteiger partial charge >= 0.3 is 6.18 Å². The number of carbonyl (C=O) groups excluding carboxylic acids is 2. The highest BCUT2D eigenvalue weighted by Crippen LogP contribution is 2.41. The molecule has 1 saturated carbocycles. The molecule has 4 rings (SSSR count). The molecule has 3 aromatic rings. The summed E-state index contributed by atoms with van der Waals surface area (Å²) in [6.07, 6.45) is -4.91. The zero-order valence-corrected chi connectivity index (χ0v) is 21.7. The molecular formula is C25H29F5N6O4. The van der Waals surface area contributed by atoms with Crippen molar-refractivity contribution in [3.8, 4) is 0 Å². The lowest BCUT2D eigenvalue weighted by Crippen LogP contribution is -2.37. The Morgan fingerprint density at radius 2 is 1.93 bits per heavy atom. The Morgan fingerprint density at radius 3 is 2.58 bits per heavy atom. The number of amides is 2. The highest BCUT2D eigenvalue weighted by Gasteiger charge is 2.40. The highest BCUT2D eigenvalue weighted by atomic mass is 19.4. The van der Waals surface area contributed by atoms with Gasteiger partial charge in [-0.3, -0.25) is 9.59 Å². The number of nitrogens with zero attached hydrogens (tertiary/aromatic N) is 4. The van der Waals surface area contributed by atoms with Gasteiger partial charge in [-0.1, -0.05) is 13.8 Å². The average molecular weight is 573 g/mol. The molecule has 0 aromatic carbocycles. The number of halogens is 5. The first-order valence-corrected chi connectivity index (χ1v) is 12.7. The third-order valence-corrected chi connectivity index (χ3v) is 6.78. The maximum atomic E-state index is 13.9. The fraction of sp³-hybridized carbons (Fsp3) is 0.560. The number of rotatable bonds is 9. The molecule has 15 heteroatoms. The summed E-state index contributed by atoms with van der Waals surface area (Å²) >= 11 is 0. The Labute approximate surface area is 225 Å². The molecule has 0 saturated heterocycles. The first-order valence-electron chi connectivity index (χ1n) is 12.7. The van der Waals surface area contributed by atoms with Gasteiger partial charge in [-0.15, -0.1) is 0 Å². The van der Waals surface area contributed by atoms with Crippen molar-refractivity contribution in [3.05, 3.63) is 47.6 Å². The quantitative estimate of drug-likeness (QED) is 0.252. The molecule has 1 fully saturated rings. The van der Waals surface area contributed by atoms with Crippen molar-refractivity contribution >= 4 is 17.5 Å². The lowest BCUT2D eigenvalue weighted by molar-refractivity contribution is -0.145. The van der Waals surface area contributed by atoms with Crippen molar-refractivity contribution in [2.75, 3.05) is 0 Å². The van der Waals surface area contributed by atoms with Crippen LogP contribution in [0.4, 0.5) is 22.0 Å². The van der Waals surface area contributed by atoms with Crippen LogP contribution in [0.25, 0.3) is 5.65 Å². The van der Waals surface area contributed by atoms with Crippen molar-refractivity contribution < 1.29 is 41.1 Å². The molecule has 0 bridgehead atoms. The number of aliphatic hydroxyl groups excluding tert-OH is 1. The second-order valence-electron chi connectivity index (χ2n) is 10.2. The summed E-state index contributed by atoms with van der Waals surface area (Å²) in [5, 5.41) is 19.4. The van der Waals surface area contributed by atoms with Crippen LogP contribution < -0.4 is 10.6 Å². The normalized spacial score (nSPS) is 17.6. The van der Waals surface area contributed by atoms with Gasteiger partial charge in [0.15, 0.2) is 24.0 Å². The van der Waals surface area contributed by atoms with Gasteiger partial charge in [0, 0.05) is 30.7 Å². The lowest BCUT2D eigenvalue weighted by Gasteiger charge is -2.33. The Morgan fingerprint density at radius 1 is 1.23 bits per heavy atom. The van der Waals surface area contributed by atoms with Crippen molar-refractivity contribution in [1.29, 1.82) is 0 Å². The first-order chi connectivity index (χ1) is 18.7. The van der Waals surface area contributed by atoms with Crippen LogP contribution in [0.3, 0.4) is 0 Å². The lowest BCUT2D eigenvalue weighted by atomic mass is 9.81. The van der Waals surface area contributed by atoms with E-state index < -0.39 is 49.0 Å². The molecule has 1 aliphatic carbocycles. The number of hydrogen-bond acceptors (Lipinski definition) is 7. The zero-order chi connectivity index (χ0) is 29.2. The summed E-state index contributed by atoms with van der Waals surface area (Å²) < 4.78 is 71.6. The van der Waals surface area contributed by atoms with Crippen molar-refractivity contribution in [2.24, 2.45) is 5.92 Å². The number of nitrogens with one attached hydrogen (secondary N) is 2. The minimum Gasteiger partial charge on any atom is -0.447 e. The van der Waals surface area contributed by atoms with E-state index in [0.717, 1.165) is 6.39 Å². The molecule has 10 nitrogen and oxygen atoms in total. The first kappa shape index (κ1) is 29.4.